The quantitative estimate of drug-likeness (QED) is 0.642. The first-order valence-corrected chi connectivity index (χ1v) is 5.34. The second kappa shape index (κ2) is 4.41. The molecule has 1 rings (SSSR count). The van der Waals surface area contributed by atoms with E-state index in [1.807, 2.05) is 0 Å². The predicted molar refractivity (Wildman–Crippen MR) is 54.6 cm³/mol. The summed E-state index contributed by atoms with van der Waals surface area (Å²) >= 11 is 0. The fourth-order valence-corrected chi connectivity index (χ4v) is 1.62. The number of alkyl halides is 1. The second-order valence-electron chi connectivity index (χ2n) is 5.33. The summed E-state index contributed by atoms with van der Waals surface area (Å²) in [6.45, 7) is 9.82. The van der Waals surface area contributed by atoms with E-state index in [0.29, 0.717) is 5.41 Å². The minimum absolute atomic E-state index is 0.409. The molecule has 0 unspecified atom stereocenters. The number of likely N-dealkylation sites (tertiary alicyclic amines) is 1. The van der Waals surface area contributed by atoms with E-state index in [9.17, 15) is 4.39 Å². The van der Waals surface area contributed by atoms with Gasteiger partial charge in [-0.1, -0.05) is 20.8 Å². The van der Waals surface area contributed by atoms with Crippen LogP contribution in [0.25, 0.3) is 0 Å². The van der Waals surface area contributed by atoms with Crippen molar-refractivity contribution >= 4 is 0 Å². The molecule has 1 aliphatic heterocycles. The third-order valence-electron chi connectivity index (χ3n) is 2.70. The van der Waals surface area contributed by atoms with Crippen molar-refractivity contribution in [3.63, 3.8) is 0 Å². The first-order chi connectivity index (χ1) is 5.97. The van der Waals surface area contributed by atoms with Gasteiger partial charge in [-0.25, -0.2) is 4.39 Å². The summed E-state index contributed by atoms with van der Waals surface area (Å²) in [6, 6.07) is 0. The van der Waals surface area contributed by atoms with Crippen molar-refractivity contribution in [1.29, 1.82) is 0 Å². The molecule has 1 fully saturated rings. The van der Waals surface area contributed by atoms with Crippen LogP contribution in [-0.4, -0.2) is 30.7 Å². The molecule has 1 heterocycles. The van der Waals surface area contributed by atoms with Crippen LogP contribution in [-0.2, 0) is 0 Å². The molecule has 0 aromatic carbocycles. The van der Waals surface area contributed by atoms with Crippen LogP contribution in [0.5, 0.6) is 0 Å². The van der Waals surface area contributed by atoms with Gasteiger partial charge in [0.15, 0.2) is 0 Å². The number of piperidine rings is 1. The van der Waals surface area contributed by atoms with Crippen molar-refractivity contribution in [3.05, 3.63) is 0 Å². The van der Waals surface area contributed by atoms with Gasteiger partial charge in [0, 0.05) is 13.1 Å². The zero-order chi connectivity index (χ0) is 9.90. The van der Waals surface area contributed by atoms with Crippen LogP contribution in [0, 0.1) is 5.41 Å². The summed E-state index contributed by atoms with van der Waals surface area (Å²) in [4.78, 5) is 2.39. The molecule has 0 aromatic heterocycles. The third kappa shape index (κ3) is 4.61. The molecular formula is C11H22FN. The molecule has 1 nitrogen and oxygen atoms in total. The monoisotopic (exact) mass is 187 g/mol. The highest BCUT2D eigenvalue weighted by Gasteiger charge is 2.19. The van der Waals surface area contributed by atoms with E-state index in [1.165, 1.54) is 6.42 Å². The van der Waals surface area contributed by atoms with E-state index in [0.717, 1.165) is 32.5 Å². The summed E-state index contributed by atoms with van der Waals surface area (Å²) in [5.74, 6) is 0. The van der Waals surface area contributed by atoms with Gasteiger partial charge in [-0.15, -0.1) is 0 Å². The Hall–Kier alpha value is -0.110. The molecule has 78 valence electrons. The van der Waals surface area contributed by atoms with Gasteiger partial charge in [-0.2, -0.15) is 0 Å². The summed E-state index contributed by atoms with van der Waals surface area (Å²) < 4.78 is 12.8. The fraction of sp³-hybridized carbons (Fsp3) is 1.00. The van der Waals surface area contributed by atoms with Crippen LogP contribution in [0.1, 0.15) is 40.0 Å². The van der Waals surface area contributed by atoms with Crippen LogP contribution in [0.15, 0.2) is 0 Å². The Labute approximate surface area is 81.3 Å². The van der Waals surface area contributed by atoms with E-state index < -0.39 is 6.17 Å². The number of rotatable bonds is 2. The van der Waals surface area contributed by atoms with Crippen LogP contribution < -0.4 is 0 Å². The van der Waals surface area contributed by atoms with Gasteiger partial charge >= 0.3 is 0 Å². The van der Waals surface area contributed by atoms with Gasteiger partial charge in [-0.3, -0.25) is 0 Å². The number of hydrogen-bond donors (Lipinski definition) is 0. The zero-order valence-corrected chi connectivity index (χ0v) is 9.15. The minimum Gasteiger partial charge on any atom is -0.303 e. The lowest BCUT2D eigenvalue weighted by Crippen LogP contribution is -2.36. The van der Waals surface area contributed by atoms with Gasteiger partial charge in [0.05, 0.1) is 0 Å². The Bertz CT molecular complexity index is 143. The molecule has 0 amide bonds. The molecular weight excluding hydrogens is 165 g/mol. The van der Waals surface area contributed by atoms with Crippen LogP contribution in [0.2, 0.25) is 0 Å². The third-order valence-corrected chi connectivity index (χ3v) is 2.70. The summed E-state index contributed by atoms with van der Waals surface area (Å²) in [5.41, 5.74) is 0.409. The molecule has 0 aromatic rings. The van der Waals surface area contributed by atoms with Crippen molar-refractivity contribution in [3.8, 4) is 0 Å². The predicted octanol–water partition coefficient (Wildman–Crippen LogP) is 2.86. The molecule has 2 heteroatoms. The normalized spacial score (nSPS) is 22.2. The van der Waals surface area contributed by atoms with Crippen LogP contribution >= 0.6 is 0 Å². The largest absolute Gasteiger partial charge is 0.303 e. The maximum Gasteiger partial charge on any atom is 0.103 e. The van der Waals surface area contributed by atoms with E-state index in [1.54, 1.807) is 0 Å². The maximum absolute atomic E-state index is 12.8. The molecule has 0 saturated carbocycles. The van der Waals surface area contributed by atoms with Gasteiger partial charge in [-0.05, 0) is 31.2 Å². The van der Waals surface area contributed by atoms with E-state index in [-0.39, 0.29) is 0 Å². The lowest BCUT2D eigenvalue weighted by atomic mass is 9.92. The van der Waals surface area contributed by atoms with E-state index >= 15 is 0 Å². The Morgan fingerprint density at radius 2 is 1.77 bits per heavy atom. The Morgan fingerprint density at radius 3 is 2.23 bits per heavy atom. The number of halogens is 1. The Kier molecular flexibility index (Phi) is 3.72. The first-order valence-electron chi connectivity index (χ1n) is 5.34. The Balaban J connectivity index is 2.16. The van der Waals surface area contributed by atoms with Crippen LogP contribution in [0.4, 0.5) is 4.39 Å². The summed E-state index contributed by atoms with van der Waals surface area (Å²) in [6.07, 6.45) is 2.16. The van der Waals surface area contributed by atoms with Crippen LogP contribution in [0.3, 0.4) is 0 Å². The molecule has 13 heavy (non-hydrogen) atoms. The highest BCUT2D eigenvalue weighted by atomic mass is 19.1. The highest BCUT2D eigenvalue weighted by Crippen LogP contribution is 2.20. The summed E-state index contributed by atoms with van der Waals surface area (Å²) in [7, 11) is 0. The molecule has 0 aliphatic carbocycles. The van der Waals surface area contributed by atoms with E-state index in [4.69, 9.17) is 0 Å². The van der Waals surface area contributed by atoms with Crippen molar-refractivity contribution < 1.29 is 4.39 Å². The molecule has 1 saturated heterocycles. The average molecular weight is 187 g/mol. The molecule has 0 atom stereocenters. The number of hydrogen-bond acceptors (Lipinski definition) is 1. The smallest absolute Gasteiger partial charge is 0.103 e. The van der Waals surface area contributed by atoms with Gasteiger partial charge in [0.25, 0.3) is 0 Å². The second-order valence-corrected chi connectivity index (χ2v) is 5.33. The highest BCUT2D eigenvalue weighted by molar-refractivity contribution is 4.73. The molecule has 0 spiro atoms. The van der Waals surface area contributed by atoms with Gasteiger partial charge < -0.3 is 4.90 Å². The van der Waals surface area contributed by atoms with Crippen molar-refractivity contribution in [1.82, 2.24) is 4.90 Å². The van der Waals surface area contributed by atoms with Gasteiger partial charge in [0.1, 0.15) is 6.17 Å². The fourth-order valence-electron chi connectivity index (χ4n) is 1.62. The lowest BCUT2D eigenvalue weighted by Gasteiger charge is -2.30. The number of nitrogens with zero attached hydrogens (tertiary/aromatic N) is 1. The van der Waals surface area contributed by atoms with Crippen molar-refractivity contribution in [2.75, 3.05) is 19.6 Å². The molecule has 1 aliphatic rings. The SMILES string of the molecule is CC(C)(C)CCN1CCC(F)CC1. The average Bonchev–Trinajstić information content (AvgIpc) is 2.02. The zero-order valence-electron chi connectivity index (χ0n) is 9.15. The lowest BCUT2D eigenvalue weighted by molar-refractivity contribution is 0.137. The standard InChI is InChI=1S/C11H22FN/c1-11(2,3)6-9-13-7-4-10(12)5-8-13/h10H,4-9H2,1-3H3. The molecule has 0 N–H and O–H groups in total. The minimum atomic E-state index is -0.536. The first kappa shape index (κ1) is 11.0. The topological polar surface area (TPSA) is 3.24 Å². The Morgan fingerprint density at radius 1 is 1.23 bits per heavy atom. The van der Waals surface area contributed by atoms with E-state index in [2.05, 4.69) is 25.7 Å². The summed E-state index contributed by atoms with van der Waals surface area (Å²) in [5, 5.41) is 0. The van der Waals surface area contributed by atoms with Crippen molar-refractivity contribution in [2.24, 2.45) is 5.41 Å². The molecule has 0 radical (unpaired) electrons. The molecule has 0 bridgehead atoms. The van der Waals surface area contributed by atoms with Crippen molar-refractivity contribution in [2.45, 2.75) is 46.2 Å². The maximum atomic E-state index is 12.8. The van der Waals surface area contributed by atoms with Gasteiger partial charge in [0.2, 0.25) is 0 Å².